The van der Waals surface area contributed by atoms with Crippen LogP contribution in [0.5, 0.6) is 0 Å². The second kappa shape index (κ2) is 8.07. The minimum Gasteiger partial charge on any atom is -0.455 e. The highest BCUT2D eigenvalue weighted by Gasteiger charge is 2.31. The van der Waals surface area contributed by atoms with E-state index in [0.29, 0.717) is 5.92 Å². The standard InChI is InChI=1S/C34H29N2O/c1-21(2)27-19-23-11-5-6-12-24(23)20-30(27)36-29-15-9-8-14-28(29)35(4)34(36)32-22(3)17-18-26-25-13-7-10-16-31(25)37-33(26)32/h5-21H,1-4H3/q+1. The molecule has 180 valence electrons. The van der Waals surface area contributed by atoms with Crippen molar-refractivity contribution in [2.24, 2.45) is 7.05 Å². The van der Waals surface area contributed by atoms with Gasteiger partial charge in [0.2, 0.25) is 0 Å². The number of benzene rings is 5. The van der Waals surface area contributed by atoms with Crippen LogP contribution in [0.4, 0.5) is 0 Å². The Morgan fingerprint density at radius 1 is 0.757 bits per heavy atom. The number of nitrogens with zero attached hydrogens (tertiary/aromatic N) is 2. The van der Waals surface area contributed by atoms with E-state index in [1.54, 1.807) is 0 Å². The SMILES string of the molecule is Cc1ccc2c(oc3ccccc32)c1-c1n(-c2cc3ccccc3cc2C(C)C)c2ccccc2[n+]1C. The van der Waals surface area contributed by atoms with Crippen molar-refractivity contribution in [3.8, 4) is 17.1 Å². The average molecular weight is 482 g/mol. The summed E-state index contributed by atoms with van der Waals surface area (Å²) in [6.07, 6.45) is 0. The van der Waals surface area contributed by atoms with Gasteiger partial charge in [0.15, 0.2) is 16.6 Å². The van der Waals surface area contributed by atoms with E-state index in [4.69, 9.17) is 4.42 Å². The Morgan fingerprint density at radius 3 is 2.27 bits per heavy atom. The Kier molecular flexibility index (Phi) is 4.77. The van der Waals surface area contributed by atoms with Crippen LogP contribution in [0.2, 0.25) is 0 Å². The third-order valence-electron chi connectivity index (χ3n) is 7.75. The van der Waals surface area contributed by atoms with Gasteiger partial charge in [-0.15, -0.1) is 0 Å². The second-order valence-electron chi connectivity index (χ2n) is 10.4. The summed E-state index contributed by atoms with van der Waals surface area (Å²) in [5.74, 6) is 1.49. The van der Waals surface area contributed by atoms with Gasteiger partial charge in [0.05, 0.1) is 7.05 Å². The second-order valence-corrected chi connectivity index (χ2v) is 10.4. The molecule has 2 heterocycles. The Hall–Kier alpha value is -4.37. The number of furan rings is 1. The molecule has 0 aliphatic carbocycles. The van der Waals surface area contributed by atoms with Gasteiger partial charge in [0, 0.05) is 16.3 Å². The van der Waals surface area contributed by atoms with Crippen molar-refractivity contribution in [3.05, 3.63) is 108 Å². The van der Waals surface area contributed by atoms with Gasteiger partial charge in [-0.3, -0.25) is 0 Å². The topological polar surface area (TPSA) is 21.9 Å². The first-order valence-corrected chi connectivity index (χ1v) is 13.0. The molecule has 0 aliphatic rings. The first-order chi connectivity index (χ1) is 18.0. The number of fused-ring (bicyclic) bond motifs is 5. The largest absolute Gasteiger partial charge is 0.455 e. The minimum absolute atomic E-state index is 0.363. The number of aromatic nitrogens is 2. The first kappa shape index (κ1) is 21.9. The maximum atomic E-state index is 6.58. The fourth-order valence-corrected chi connectivity index (χ4v) is 5.91. The third kappa shape index (κ3) is 3.17. The van der Waals surface area contributed by atoms with E-state index in [1.807, 2.05) is 6.07 Å². The van der Waals surface area contributed by atoms with E-state index in [9.17, 15) is 0 Å². The van der Waals surface area contributed by atoms with Crippen LogP contribution in [0.3, 0.4) is 0 Å². The summed E-state index contributed by atoms with van der Waals surface area (Å²) in [6, 6.07) is 34.8. The molecule has 7 rings (SSSR count). The Balaban J connectivity index is 1.67. The molecular formula is C34H29N2O+. The van der Waals surface area contributed by atoms with Gasteiger partial charge in [-0.1, -0.05) is 80.6 Å². The van der Waals surface area contributed by atoms with E-state index in [2.05, 4.69) is 128 Å². The molecule has 3 nitrogen and oxygen atoms in total. The predicted octanol–water partition coefficient (Wildman–Crippen LogP) is 8.61. The molecule has 0 saturated heterocycles. The van der Waals surface area contributed by atoms with Gasteiger partial charge in [0.25, 0.3) is 5.82 Å². The van der Waals surface area contributed by atoms with Gasteiger partial charge in [-0.25, -0.2) is 4.57 Å². The number of hydrogen-bond donors (Lipinski definition) is 0. The van der Waals surface area contributed by atoms with Crippen molar-refractivity contribution in [1.29, 1.82) is 0 Å². The molecule has 0 spiro atoms. The van der Waals surface area contributed by atoms with Gasteiger partial charge in [0.1, 0.15) is 16.8 Å². The zero-order valence-electron chi connectivity index (χ0n) is 21.6. The summed E-state index contributed by atoms with van der Waals surface area (Å²) >= 11 is 0. The fraction of sp³-hybridized carbons (Fsp3) is 0.147. The van der Waals surface area contributed by atoms with Crippen molar-refractivity contribution < 1.29 is 8.98 Å². The lowest BCUT2D eigenvalue weighted by atomic mass is 9.96. The van der Waals surface area contributed by atoms with Crippen molar-refractivity contribution in [3.63, 3.8) is 0 Å². The summed E-state index contributed by atoms with van der Waals surface area (Å²) in [5, 5.41) is 4.81. The highest BCUT2D eigenvalue weighted by molar-refractivity contribution is 6.10. The van der Waals surface area contributed by atoms with Crippen LogP contribution in [-0.4, -0.2) is 4.57 Å². The minimum atomic E-state index is 0.363. The molecule has 0 radical (unpaired) electrons. The molecule has 0 N–H and O–H groups in total. The van der Waals surface area contributed by atoms with Crippen molar-refractivity contribution in [1.82, 2.24) is 4.57 Å². The number of aryl methyl sites for hydroxylation is 2. The van der Waals surface area contributed by atoms with E-state index in [0.717, 1.165) is 33.3 Å². The molecule has 3 heteroatoms. The molecular weight excluding hydrogens is 452 g/mol. The zero-order chi connectivity index (χ0) is 25.3. The fourth-order valence-electron chi connectivity index (χ4n) is 5.91. The molecule has 0 unspecified atom stereocenters. The van der Waals surface area contributed by atoms with Gasteiger partial charge < -0.3 is 4.42 Å². The molecule has 0 atom stereocenters. The highest BCUT2D eigenvalue weighted by Crippen LogP contribution is 2.40. The lowest BCUT2D eigenvalue weighted by molar-refractivity contribution is -0.633. The molecule has 7 aromatic rings. The Bertz CT molecular complexity index is 1990. The van der Waals surface area contributed by atoms with Crippen LogP contribution < -0.4 is 4.57 Å². The smallest absolute Gasteiger partial charge is 0.298 e. The van der Waals surface area contributed by atoms with Crippen LogP contribution in [0.25, 0.3) is 60.8 Å². The Labute approximate surface area is 216 Å². The number of para-hydroxylation sites is 3. The predicted molar refractivity (Wildman–Crippen MR) is 153 cm³/mol. The quantitative estimate of drug-likeness (QED) is 0.232. The monoisotopic (exact) mass is 481 g/mol. The van der Waals surface area contributed by atoms with Gasteiger partial charge in [-0.2, -0.15) is 4.57 Å². The van der Waals surface area contributed by atoms with Crippen LogP contribution in [0.15, 0.2) is 101 Å². The average Bonchev–Trinajstić information content (AvgIpc) is 3.43. The molecule has 2 aromatic heterocycles. The number of hydrogen-bond acceptors (Lipinski definition) is 1. The van der Waals surface area contributed by atoms with Crippen LogP contribution >= 0.6 is 0 Å². The van der Waals surface area contributed by atoms with E-state index in [1.165, 1.54) is 38.6 Å². The summed E-state index contributed by atoms with van der Waals surface area (Å²) in [7, 11) is 2.17. The molecule has 0 bridgehead atoms. The zero-order valence-corrected chi connectivity index (χ0v) is 21.6. The van der Waals surface area contributed by atoms with E-state index in [-0.39, 0.29) is 0 Å². The maximum absolute atomic E-state index is 6.58. The van der Waals surface area contributed by atoms with E-state index < -0.39 is 0 Å². The van der Waals surface area contributed by atoms with Crippen LogP contribution in [0, 0.1) is 6.92 Å². The first-order valence-electron chi connectivity index (χ1n) is 13.0. The number of imidazole rings is 1. The van der Waals surface area contributed by atoms with Crippen LogP contribution in [0.1, 0.15) is 30.9 Å². The van der Waals surface area contributed by atoms with E-state index >= 15 is 0 Å². The van der Waals surface area contributed by atoms with Crippen molar-refractivity contribution in [2.75, 3.05) is 0 Å². The molecule has 0 amide bonds. The third-order valence-corrected chi connectivity index (χ3v) is 7.75. The van der Waals surface area contributed by atoms with Gasteiger partial charge in [-0.05, 0) is 59.5 Å². The maximum Gasteiger partial charge on any atom is 0.298 e. The lowest BCUT2D eigenvalue weighted by Crippen LogP contribution is -2.30. The number of rotatable bonds is 3. The molecule has 0 saturated carbocycles. The molecule has 0 fully saturated rings. The van der Waals surface area contributed by atoms with Crippen molar-refractivity contribution >= 4 is 43.7 Å². The van der Waals surface area contributed by atoms with Gasteiger partial charge >= 0.3 is 0 Å². The summed E-state index contributed by atoms with van der Waals surface area (Å²) in [5.41, 5.74) is 9.10. The molecule has 5 aromatic carbocycles. The summed E-state index contributed by atoms with van der Waals surface area (Å²) in [6.45, 7) is 6.75. The Morgan fingerprint density at radius 2 is 1.46 bits per heavy atom. The molecule has 37 heavy (non-hydrogen) atoms. The molecule has 0 aliphatic heterocycles. The van der Waals surface area contributed by atoms with Crippen molar-refractivity contribution in [2.45, 2.75) is 26.7 Å². The lowest BCUT2D eigenvalue weighted by Gasteiger charge is -2.14. The normalized spacial score (nSPS) is 12.0. The van der Waals surface area contributed by atoms with Crippen LogP contribution in [-0.2, 0) is 7.05 Å². The highest BCUT2D eigenvalue weighted by atomic mass is 16.3. The summed E-state index contributed by atoms with van der Waals surface area (Å²) in [4.78, 5) is 0. The summed E-state index contributed by atoms with van der Waals surface area (Å²) < 4.78 is 11.4.